The van der Waals surface area contributed by atoms with E-state index in [2.05, 4.69) is 24.0 Å². The van der Waals surface area contributed by atoms with Gasteiger partial charge in [-0.2, -0.15) is 0 Å². The first-order chi connectivity index (χ1) is 9.28. The Morgan fingerprint density at radius 1 is 1.16 bits per heavy atom. The highest BCUT2D eigenvalue weighted by atomic mass is 16.3. The SMILES string of the molecule is CCc1ccc2oc(C(N)c3ccccc3)nc2c1. The highest BCUT2D eigenvalue weighted by molar-refractivity contribution is 5.73. The van der Waals surface area contributed by atoms with Gasteiger partial charge in [0.1, 0.15) is 11.6 Å². The zero-order chi connectivity index (χ0) is 13.2. The van der Waals surface area contributed by atoms with Crippen LogP contribution >= 0.6 is 0 Å². The molecule has 0 saturated carbocycles. The monoisotopic (exact) mass is 252 g/mol. The minimum atomic E-state index is -0.321. The van der Waals surface area contributed by atoms with E-state index >= 15 is 0 Å². The molecule has 2 N–H and O–H groups in total. The Morgan fingerprint density at radius 2 is 1.95 bits per heavy atom. The normalized spacial score (nSPS) is 12.7. The van der Waals surface area contributed by atoms with E-state index < -0.39 is 0 Å². The van der Waals surface area contributed by atoms with Crippen molar-refractivity contribution in [3.8, 4) is 0 Å². The highest BCUT2D eigenvalue weighted by Gasteiger charge is 2.15. The molecule has 0 bridgehead atoms. The van der Waals surface area contributed by atoms with Gasteiger partial charge in [0.05, 0.1) is 0 Å². The molecule has 0 aliphatic heterocycles. The number of nitrogens with two attached hydrogens (primary N) is 1. The Kier molecular flexibility index (Phi) is 3.05. The minimum Gasteiger partial charge on any atom is -0.439 e. The lowest BCUT2D eigenvalue weighted by molar-refractivity contribution is 0.505. The van der Waals surface area contributed by atoms with Crippen LogP contribution in [0.4, 0.5) is 0 Å². The number of aromatic nitrogens is 1. The van der Waals surface area contributed by atoms with Crippen molar-refractivity contribution >= 4 is 11.1 Å². The first-order valence-corrected chi connectivity index (χ1v) is 6.48. The average molecular weight is 252 g/mol. The van der Waals surface area contributed by atoms with Gasteiger partial charge < -0.3 is 10.2 Å². The first-order valence-electron chi connectivity index (χ1n) is 6.48. The molecular formula is C16H16N2O. The molecule has 0 fully saturated rings. The van der Waals surface area contributed by atoms with Gasteiger partial charge in [-0.25, -0.2) is 4.98 Å². The Morgan fingerprint density at radius 3 is 2.68 bits per heavy atom. The number of aryl methyl sites for hydroxylation is 1. The molecule has 1 heterocycles. The predicted octanol–water partition coefficient (Wildman–Crippen LogP) is 3.44. The molecule has 0 spiro atoms. The summed E-state index contributed by atoms with van der Waals surface area (Å²) in [6, 6.07) is 15.6. The summed E-state index contributed by atoms with van der Waals surface area (Å²) in [7, 11) is 0. The molecule has 3 nitrogen and oxygen atoms in total. The lowest BCUT2D eigenvalue weighted by Gasteiger charge is -2.06. The molecule has 0 aliphatic carbocycles. The number of hydrogen-bond donors (Lipinski definition) is 1. The number of oxazole rings is 1. The van der Waals surface area contributed by atoms with Crippen LogP contribution < -0.4 is 5.73 Å². The van der Waals surface area contributed by atoms with E-state index in [0.717, 1.165) is 23.1 Å². The van der Waals surface area contributed by atoms with E-state index in [4.69, 9.17) is 10.2 Å². The van der Waals surface area contributed by atoms with Gasteiger partial charge in [0.25, 0.3) is 0 Å². The fourth-order valence-electron chi connectivity index (χ4n) is 2.15. The Balaban J connectivity index is 2.01. The Labute approximate surface area is 112 Å². The van der Waals surface area contributed by atoms with Crippen LogP contribution in [0.25, 0.3) is 11.1 Å². The van der Waals surface area contributed by atoms with E-state index in [1.54, 1.807) is 0 Å². The maximum Gasteiger partial charge on any atom is 0.217 e. The second-order valence-corrected chi connectivity index (χ2v) is 4.60. The minimum absolute atomic E-state index is 0.321. The number of rotatable bonds is 3. The van der Waals surface area contributed by atoms with Gasteiger partial charge in [0, 0.05) is 0 Å². The topological polar surface area (TPSA) is 52.0 Å². The van der Waals surface area contributed by atoms with Crippen LogP contribution in [0.2, 0.25) is 0 Å². The first kappa shape index (κ1) is 11.9. The predicted molar refractivity (Wildman–Crippen MR) is 75.9 cm³/mol. The molecule has 1 aromatic heterocycles. The molecule has 3 aromatic rings. The molecule has 96 valence electrons. The van der Waals surface area contributed by atoms with Gasteiger partial charge in [-0.05, 0) is 29.7 Å². The Bertz CT molecular complexity index is 688. The third-order valence-corrected chi connectivity index (χ3v) is 3.30. The number of hydrogen-bond acceptors (Lipinski definition) is 3. The second-order valence-electron chi connectivity index (χ2n) is 4.60. The smallest absolute Gasteiger partial charge is 0.217 e. The summed E-state index contributed by atoms with van der Waals surface area (Å²) in [6.45, 7) is 2.12. The van der Waals surface area contributed by atoms with Crippen molar-refractivity contribution in [1.82, 2.24) is 4.98 Å². The Hall–Kier alpha value is -2.13. The fourth-order valence-corrected chi connectivity index (χ4v) is 2.15. The van der Waals surface area contributed by atoms with Crippen molar-refractivity contribution in [2.75, 3.05) is 0 Å². The van der Waals surface area contributed by atoms with Crippen LogP contribution in [-0.2, 0) is 6.42 Å². The van der Waals surface area contributed by atoms with Crippen LogP contribution in [-0.4, -0.2) is 4.98 Å². The summed E-state index contributed by atoms with van der Waals surface area (Å²) >= 11 is 0. The second kappa shape index (κ2) is 4.86. The highest BCUT2D eigenvalue weighted by Crippen LogP contribution is 2.24. The standard InChI is InChI=1S/C16H16N2O/c1-2-11-8-9-14-13(10-11)18-16(19-14)15(17)12-6-4-3-5-7-12/h3-10,15H,2,17H2,1H3. The van der Waals surface area contributed by atoms with E-state index in [1.807, 2.05) is 36.4 Å². The number of fused-ring (bicyclic) bond motifs is 1. The molecule has 3 heteroatoms. The molecule has 0 amide bonds. The summed E-state index contributed by atoms with van der Waals surface area (Å²) in [6.07, 6.45) is 0.989. The average Bonchev–Trinajstić information content (AvgIpc) is 2.90. The molecule has 19 heavy (non-hydrogen) atoms. The molecule has 0 saturated heterocycles. The fraction of sp³-hybridized carbons (Fsp3) is 0.188. The molecule has 2 aromatic carbocycles. The van der Waals surface area contributed by atoms with Crippen molar-refractivity contribution in [3.05, 3.63) is 65.5 Å². The molecule has 0 radical (unpaired) electrons. The number of nitrogens with zero attached hydrogens (tertiary/aromatic N) is 1. The quantitative estimate of drug-likeness (QED) is 0.776. The van der Waals surface area contributed by atoms with Gasteiger partial charge in [-0.1, -0.05) is 43.3 Å². The summed E-state index contributed by atoms with van der Waals surface area (Å²) in [5.74, 6) is 0.564. The zero-order valence-electron chi connectivity index (χ0n) is 10.8. The van der Waals surface area contributed by atoms with E-state index in [9.17, 15) is 0 Å². The maximum absolute atomic E-state index is 6.19. The van der Waals surface area contributed by atoms with E-state index in [-0.39, 0.29) is 6.04 Å². The summed E-state index contributed by atoms with van der Waals surface area (Å²) in [5, 5.41) is 0. The molecule has 1 unspecified atom stereocenters. The summed E-state index contributed by atoms with van der Waals surface area (Å²) in [4.78, 5) is 4.51. The van der Waals surface area contributed by atoms with Crippen LogP contribution in [0.15, 0.2) is 52.9 Å². The van der Waals surface area contributed by atoms with Gasteiger partial charge in [-0.3, -0.25) is 0 Å². The summed E-state index contributed by atoms with van der Waals surface area (Å²) < 4.78 is 5.75. The van der Waals surface area contributed by atoms with Gasteiger partial charge in [0.2, 0.25) is 5.89 Å². The largest absolute Gasteiger partial charge is 0.439 e. The summed E-state index contributed by atoms with van der Waals surface area (Å²) in [5.41, 5.74) is 10.1. The molecule has 3 rings (SSSR count). The van der Waals surface area contributed by atoms with E-state index in [0.29, 0.717) is 5.89 Å². The number of benzene rings is 2. The third kappa shape index (κ3) is 2.25. The third-order valence-electron chi connectivity index (χ3n) is 3.30. The van der Waals surface area contributed by atoms with Crippen molar-refractivity contribution in [3.63, 3.8) is 0 Å². The van der Waals surface area contributed by atoms with Gasteiger partial charge in [-0.15, -0.1) is 0 Å². The van der Waals surface area contributed by atoms with Gasteiger partial charge >= 0.3 is 0 Å². The van der Waals surface area contributed by atoms with Crippen molar-refractivity contribution in [1.29, 1.82) is 0 Å². The zero-order valence-corrected chi connectivity index (χ0v) is 10.8. The lowest BCUT2D eigenvalue weighted by atomic mass is 10.1. The van der Waals surface area contributed by atoms with Crippen molar-refractivity contribution < 1.29 is 4.42 Å². The van der Waals surface area contributed by atoms with E-state index in [1.165, 1.54) is 5.56 Å². The van der Waals surface area contributed by atoms with Crippen molar-refractivity contribution in [2.24, 2.45) is 5.73 Å². The lowest BCUT2D eigenvalue weighted by Crippen LogP contribution is -2.11. The molecular weight excluding hydrogens is 236 g/mol. The van der Waals surface area contributed by atoms with Crippen LogP contribution in [0, 0.1) is 0 Å². The van der Waals surface area contributed by atoms with Crippen LogP contribution in [0.5, 0.6) is 0 Å². The molecule has 1 atom stereocenters. The van der Waals surface area contributed by atoms with Gasteiger partial charge in [0.15, 0.2) is 5.58 Å². The van der Waals surface area contributed by atoms with Crippen LogP contribution in [0.3, 0.4) is 0 Å². The maximum atomic E-state index is 6.19. The molecule has 0 aliphatic rings. The van der Waals surface area contributed by atoms with Crippen LogP contribution in [0.1, 0.15) is 30.0 Å². The van der Waals surface area contributed by atoms with Crippen molar-refractivity contribution in [2.45, 2.75) is 19.4 Å².